The molecule has 0 bridgehead atoms. The Hall–Kier alpha value is -2.93. The van der Waals surface area contributed by atoms with Crippen LogP contribution >= 0.6 is 0 Å². The van der Waals surface area contributed by atoms with Crippen LogP contribution in [0.4, 0.5) is 5.69 Å². The van der Waals surface area contributed by atoms with E-state index >= 15 is 0 Å². The number of nitrogens with two attached hydrogens (primary N) is 1. The molecule has 1 heterocycles. The number of hydrogen-bond acceptors (Lipinski definition) is 5. The van der Waals surface area contributed by atoms with Gasteiger partial charge in [-0.1, -0.05) is 25.0 Å². The molecule has 6 nitrogen and oxygen atoms in total. The van der Waals surface area contributed by atoms with E-state index in [1.807, 2.05) is 38.1 Å². The number of amides is 1. The van der Waals surface area contributed by atoms with Crippen molar-refractivity contribution in [2.75, 3.05) is 5.73 Å². The molecule has 132 valence electrons. The maximum atomic E-state index is 12.6. The van der Waals surface area contributed by atoms with Crippen molar-refractivity contribution in [3.63, 3.8) is 0 Å². The first-order chi connectivity index (χ1) is 12.4. The number of hydrogen-bond donors (Lipinski definition) is 3. The molecule has 0 atom stereocenters. The number of rotatable bonds is 4. The second-order valence-electron chi connectivity index (χ2n) is 6.64. The van der Waals surface area contributed by atoms with Crippen molar-refractivity contribution in [3.05, 3.63) is 48.2 Å². The molecule has 7 heteroatoms. The summed E-state index contributed by atoms with van der Waals surface area (Å²) in [4.78, 5) is 12.6. The van der Waals surface area contributed by atoms with Gasteiger partial charge in [0.2, 0.25) is 0 Å². The Bertz CT molecular complexity index is 973. The molecule has 1 aromatic heterocycles. The predicted molar refractivity (Wildman–Crippen MR) is 105 cm³/mol. The van der Waals surface area contributed by atoms with Gasteiger partial charge in [-0.3, -0.25) is 4.79 Å². The number of nitrogen functional groups attached to an aromatic ring is 1. The Balaban J connectivity index is 2.18. The minimum absolute atomic E-state index is 0.0223. The molecule has 0 aliphatic carbocycles. The molecule has 0 fully saturated rings. The maximum Gasteiger partial charge on any atom is 0.320 e. The predicted octanol–water partition coefficient (Wildman–Crippen LogP) is 1.84. The zero-order valence-electron chi connectivity index (χ0n) is 15.0. The van der Waals surface area contributed by atoms with E-state index in [0.717, 1.165) is 22.0 Å². The minimum atomic E-state index is -0.633. The summed E-state index contributed by atoms with van der Waals surface area (Å²) in [7, 11) is 0. The quantitative estimate of drug-likeness (QED) is 0.625. The number of nitrogens with one attached hydrogen (secondary N) is 1. The standard InChI is InChI=1S/C19H21BN4O2/c1-11(2)23-19(25)14-7-5-13(20(3)26)9-16(14)12-4-6-15-17(21)10-22-24-18(15)8-12/h4-11,26H,1-3H3,(H2,21,24)(H,23,25). The van der Waals surface area contributed by atoms with Gasteiger partial charge in [-0.2, -0.15) is 10.2 Å². The van der Waals surface area contributed by atoms with Gasteiger partial charge in [-0.05, 0) is 48.6 Å². The second kappa shape index (κ2) is 7.13. The van der Waals surface area contributed by atoms with E-state index in [2.05, 4.69) is 15.5 Å². The van der Waals surface area contributed by atoms with Gasteiger partial charge in [0, 0.05) is 17.0 Å². The first kappa shape index (κ1) is 17.9. The number of aromatic nitrogens is 2. The highest BCUT2D eigenvalue weighted by Gasteiger charge is 2.17. The minimum Gasteiger partial charge on any atom is -0.447 e. The fraction of sp³-hybridized carbons (Fsp3) is 0.211. The topological polar surface area (TPSA) is 101 Å². The zero-order valence-corrected chi connectivity index (χ0v) is 15.0. The van der Waals surface area contributed by atoms with Crippen LogP contribution in [-0.2, 0) is 0 Å². The number of carbonyl (C=O) groups is 1. The Morgan fingerprint density at radius 3 is 2.69 bits per heavy atom. The van der Waals surface area contributed by atoms with E-state index in [4.69, 9.17) is 5.73 Å². The van der Waals surface area contributed by atoms with Gasteiger partial charge in [0.05, 0.1) is 17.4 Å². The highest BCUT2D eigenvalue weighted by Crippen LogP contribution is 2.28. The molecular formula is C19H21BN4O2. The van der Waals surface area contributed by atoms with E-state index in [9.17, 15) is 9.82 Å². The van der Waals surface area contributed by atoms with Gasteiger partial charge in [0.15, 0.2) is 0 Å². The molecule has 0 radical (unpaired) electrons. The van der Waals surface area contributed by atoms with Crippen molar-refractivity contribution in [2.45, 2.75) is 26.7 Å². The molecule has 26 heavy (non-hydrogen) atoms. The molecule has 1 amide bonds. The zero-order chi connectivity index (χ0) is 18.8. The normalized spacial score (nSPS) is 11.0. The summed E-state index contributed by atoms with van der Waals surface area (Å²) in [6, 6.07) is 11.0. The average Bonchev–Trinajstić information content (AvgIpc) is 2.60. The van der Waals surface area contributed by atoms with Crippen molar-refractivity contribution in [1.29, 1.82) is 0 Å². The highest BCUT2D eigenvalue weighted by molar-refractivity contribution is 6.64. The lowest BCUT2D eigenvalue weighted by molar-refractivity contribution is 0.0944. The molecule has 3 aromatic rings. The first-order valence-corrected chi connectivity index (χ1v) is 8.51. The van der Waals surface area contributed by atoms with E-state index < -0.39 is 6.92 Å². The van der Waals surface area contributed by atoms with Crippen molar-refractivity contribution in [1.82, 2.24) is 15.5 Å². The lowest BCUT2D eigenvalue weighted by Crippen LogP contribution is -2.32. The summed E-state index contributed by atoms with van der Waals surface area (Å²) in [6.45, 7) is 4.89. The number of fused-ring (bicyclic) bond motifs is 1. The van der Waals surface area contributed by atoms with Crippen molar-refractivity contribution >= 4 is 34.9 Å². The van der Waals surface area contributed by atoms with Crippen LogP contribution in [0.1, 0.15) is 24.2 Å². The third kappa shape index (κ3) is 3.53. The van der Waals surface area contributed by atoms with Crippen molar-refractivity contribution < 1.29 is 9.82 Å². The van der Waals surface area contributed by atoms with Crippen LogP contribution in [0.3, 0.4) is 0 Å². The van der Waals surface area contributed by atoms with Crippen LogP contribution in [0.15, 0.2) is 42.6 Å². The lowest BCUT2D eigenvalue weighted by atomic mass is 9.63. The summed E-state index contributed by atoms with van der Waals surface area (Å²) in [5.74, 6) is -0.161. The molecule has 0 aliphatic heterocycles. The Labute approximate surface area is 152 Å². The maximum absolute atomic E-state index is 12.6. The number of nitrogens with zero attached hydrogens (tertiary/aromatic N) is 2. The summed E-state index contributed by atoms with van der Waals surface area (Å²) >= 11 is 0. The molecule has 0 unspecified atom stereocenters. The van der Waals surface area contributed by atoms with Crippen LogP contribution < -0.4 is 16.5 Å². The SMILES string of the molecule is CB(O)c1ccc(C(=O)NC(C)C)c(-c2ccc3c(N)cnnc3c2)c1. The van der Waals surface area contributed by atoms with Gasteiger partial charge in [0.1, 0.15) is 0 Å². The van der Waals surface area contributed by atoms with Crippen LogP contribution in [0.25, 0.3) is 22.0 Å². The monoisotopic (exact) mass is 348 g/mol. The second-order valence-corrected chi connectivity index (χ2v) is 6.64. The molecule has 0 saturated heterocycles. The number of benzene rings is 2. The van der Waals surface area contributed by atoms with Gasteiger partial charge >= 0.3 is 6.92 Å². The van der Waals surface area contributed by atoms with E-state index in [0.29, 0.717) is 16.8 Å². The first-order valence-electron chi connectivity index (χ1n) is 8.51. The van der Waals surface area contributed by atoms with Gasteiger partial charge in [-0.15, -0.1) is 0 Å². The summed E-state index contributed by atoms with van der Waals surface area (Å²) < 4.78 is 0. The van der Waals surface area contributed by atoms with E-state index in [1.165, 1.54) is 6.20 Å². The third-order valence-electron chi connectivity index (χ3n) is 4.17. The summed E-state index contributed by atoms with van der Waals surface area (Å²) in [5.41, 5.74) is 9.97. The van der Waals surface area contributed by atoms with E-state index in [-0.39, 0.29) is 11.9 Å². The number of carbonyl (C=O) groups excluding carboxylic acids is 1. The Morgan fingerprint density at radius 1 is 1.23 bits per heavy atom. The molecular weight excluding hydrogens is 327 g/mol. The van der Waals surface area contributed by atoms with Crippen LogP contribution in [0.5, 0.6) is 0 Å². The van der Waals surface area contributed by atoms with Gasteiger partial charge in [-0.25, -0.2) is 0 Å². The fourth-order valence-electron chi connectivity index (χ4n) is 2.85. The molecule has 4 N–H and O–H groups in total. The molecule has 0 saturated carbocycles. The average molecular weight is 348 g/mol. The van der Waals surface area contributed by atoms with Crippen molar-refractivity contribution in [2.24, 2.45) is 0 Å². The highest BCUT2D eigenvalue weighted by atomic mass is 16.2. The number of anilines is 1. The van der Waals surface area contributed by atoms with Gasteiger partial charge < -0.3 is 16.1 Å². The van der Waals surface area contributed by atoms with Crippen molar-refractivity contribution in [3.8, 4) is 11.1 Å². The van der Waals surface area contributed by atoms with E-state index in [1.54, 1.807) is 19.0 Å². The lowest BCUT2D eigenvalue weighted by Gasteiger charge is -2.15. The summed E-state index contributed by atoms with van der Waals surface area (Å²) in [5, 5.41) is 21.7. The Morgan fingerprint density at radius 2 is 2.00 bits per heavy atom. The molecule has 2 aromatic carbocycles. The summed E-state index contributed by atoms with van der Waals surface area (Å²) in [6.07, 6.45) is 1.51. The van der Waals surface area contributed by atoms with Crippen LogP contribution in [0.2, 0.25) is 6.82 Å². The third-order valence-corrected chi connectivity index (χ3v) is 4.17. The fourth-order valence-corrected chi connectivity index (χ4v) is 2.85. The largest absolute Gasteiger partial charge is 0.447 e. The molecule has 0 spiro atoms. The van der Waals surface area contributed by atoms with Crippen LogP contribution in [0, 0.1) is 0 Å². The van der Waals surface area contributed by atoms with Gasteiger partial charge in [0.25, 0.3) is 5.91 Å². The molecule has 0 aliphatic rings. The van der Waals surface area contributed by atoms with Crippen LogP contribution in [-0.4, -0.2) is 34.1 Å². The Kier molecular flexibility index (Phi) is 4.91. The smallest absolute Gasteiger partial charge is 0.320 e. The molecule has 3 rings (SSSR count).